The lowest BCUT2D eigenvalue weighted by Gasteiger charge is -2.13. The molecule has 3 N–H and O–H groups in total. The topological polar surface area (TPSA) is 105 Å². The number of ether oxygens (including phenoxy) is 1. The lowest BCUT2D eigenvalue weighted by molar-refractivity contribution is -0.153. The van der Waals surface area contributed by atoms with Crippen LogP contribution in [0, 0.1) is 0 Å². The maximum Gasteiger partial charge on any atom is 0.321 e. The molecule has 0 aromatic heterocycles. The molecule has 1 atom stereocenters. The molecule has 0 heterocycles. The summed E-state index contributed by atoms with van der Waals surface area (Å²) in [5.41, 5.74) is 1.53. The third-order valence-electron chi connectivity index (χ3n) is 3.49. The summed E-state index contributed by atoms with van der Waals surface area (Å²) >= 11 is 0. The van der Waals surface area contributed by atoms with Crippen LogP contribution in [0.4, 0.5) is 4.79 Å². The molecule has 3 amide bonds. The van der Waals surface area contributed by atoms with E-state index in [1.165, 1.54) is 19.1 Å². The minimum absolute atomic E-state index is 0.0435. The number of hydrogen-bond donors (Lipinski definition) is 3. The van der Waals surface area contributed by atoms with Crippen LogP contribution in [-0.2, 0) is 27.3 Å². The summed E-state index contributed by atoms with van der Waals surface area (Å²) in [7, 11) is 0. The first-order valence-corrected chi connectivity index (χ1v) is 8.04. The Labute approximate surface area is 151 Å². The smallest absolute Gasteiger partial charge is 0.321 e. The van der Waals surface area contributed by atoms with Crippen molar-refractivity contribution in [1.82, 2.24) is 10.6 Å². The lowest BCUT2D eigenvalue weighted by atomic mass is 10.1. The Morgan fingerprint density at radius 2 is 1.65 bits per heavy atom. The first-order valence-electron chi connectivity index (χ1n) is 8.04. The fourth-order valence-electron chi connectivity index (χ4n) is 2.11. The van der Waals surface area contributed by atoms with Gasteiger partial charge in [-0.3, -0.25) is 14.9 Å². The molecule has 7 nitrogen and oxygen atoms in total. The molecule has 0 aliphatic carbocycles. The normalized spacial score (nSPS) is 11.3. The first-order chi connectivity index (χ1) is 12.4. The Balaban J connectivity index is 1.74. The Kier molecular flexibility index (Phi) is 6.73. The number of aromatic hydroxyl groups is 1. The molecule has 2 aromatic rings. The van der Waals surface area contributed by atoms with E-state index < -0.39 is 24.0 Å². The highest BCUT2D eigenvalue weighted by atomic mass is 16.5. The number of carbonyl (C=O) groups is 3. The molecule has 0 aliphatic heterocycles. The Bertz CT molecular complexity index is 759. The van der Waals surface area contributed by atoms with Crippen LogP contribution in [0.1, 0.15) is 18.1 Å². The van der Waals surface area contributed by atoms with E-state index in [-0.39, 0.29) is 18.7 Å². The lowest BCUT2D eigenvalue weighted by Crippen LogP contribution is -2.44. The van der Waals surface area contributed by atoms with Gasteiger partial charge < -0.3 is 15.2 Å². The molecule has 2 aromatic carbocycles. The van der Waals surface area contributed by atoms with Crippen molar-refractivity contribution in [3.8, 4) is 5.75 Å². The van der Waals surface area contributed by atoms with Crippen molar-refractivity contribution >= 4 is 17.9 Å². The van der Waals surface area contributed by atoms with E-state index in [0.717, 1.165) is 5.56 Å². The quantitative estimate of drug-likeness (QED) is 0.686. The Morgan fingerprint density at radius 1 is 1.00 bits per heavy atom. The van der Waals surface area contributed by atoms with Crippen LogP contribution in [0.2, 0.25) is 0 Å². The van der Waals surface area contributed by atoms with Crippen molar-refractivity contribution < 1.29 is 24.2 Å². The fourth-order valence-corrected chi connectivity index (χ4v) is 2.11. The molecule has 26 heavy (non-hydrogen) atoms. The highest BCUT2D eigenvalue weighted by Gasteiger charge is 2.20. The summed E-state index contributed by atoms with van der Waals surface area (Å²) in [5.74, 6) is -1.23. The number of carbonyl (C=O) groups excluding carboxylic acids is 3. The first kappa shape index (κ1) is 19.0. The summed E-state index contributed by atoms with van der Waals surface area (Å²) in [6.45, 7) is 1.66. The van der Waals surface area contributed by atoms with Gasteiger partial charge in [0, 0.05) is 6.54 Å². The summed E-state index contributed by atoms with van der Waals surface area (Å²) in [6.07, 6.45) is -1.15. The minimum Gasteiger partial charge on any atom is -0.508 e. The molecule has 0 saturated carbocycles. The minimum atomic E-state index is -1.11. The van der Waals surface area contributed by atoms with Gasteiger partial charge in [-0.05, 0) is 30.2 Å². The monoisotopic (exact) mass is 356 g/mol. The fraction of sp³-hybridized carbons (Fsp3) is 0.211. The largest absolute Gasteiger partial charge is 0.508 e. The van der Waals surface area contributed by atoms with Crippen LogP contribution in [0.3, 0.4) is 0 Å². The second kappa shape index (κ2) is 9.22. The number of rotatable bonds is 6. The number of hydrogen-bond acceptors (Lipinski definition) is 5. The highest BCUT2D eigenvalue weighted by molar-refractivity contribution is 5.97. The van der Waals surface area contributed by atoms with E-state index in [1.807, 2.05) is 30.3 Å². The second-order valence-corrected chi connectivity index (χ2v) is 5.63. The SMILES string of the molecule is C[C@H](OC(=O)Cc1ccc(O)cc1)C(=O)NC(=O)NCc1ccccc1. The molecule has 136 valence electrons. The molecule has 0 saturated heterocycles. The summed E-state index contributed by atoms with van der Waals surface area (Å²) < 4.78 is 5.02. The number of imide groups is 1. The number of urea groups is 1. The van der Waals surface area contributed by atoms with E-state index in [2.05, 4.69) is 10.6 Å². The van der Waals surface area contributed by atoms with Gasteiger partial charge in [0.05, 0.1) is 6.42 Å². The zero-order chi connectivity index (χ0) is 18.9. The number of benzene rings is 2. The Hall–Kier alpha value is -3.35. The molecule has 0 bridgehead atoms. The average Bonchev–Trinajstić information content (AvgIpc) is 2.62. The third-order valence-corrected chi connectivity index (χ3v) is 3.49. The number of amides is 3. The van der Waals surface area contributed by atoms with Crippen LogP contribution in [0.15, 0.2) is 54.6 Å². The molecule has 0 fully saturated rings. The molecule has 0 unspecified atom stereocenters. The molecule has 0 spiro atoms. The summed E-state index contributed by atoms with van der Waals surface area (Å²) in [4.78, 5) is 35.5. The van der Waals surface area contributed by atoms with Gasteiger partial charge in [-0.2, -0.15) is 0 Å². The van der Waals surface area contributed by atoms with E-state index in [9.17, 15) is 19.5 Å². The predicted octanol–water partition coefficient (Wildman–Crippen LogP) is 1.89. The van der Waals surface area contributed by atoms with Gasteiger partial charge in [0.1, 0.15) is 5.75 Å². The molecule has 7 heteroatoms. The Morgan fingerprint density at radius 3 is 2.31 bits per heavy atom. The van der Waals surface area contributed by atoms with Crippen LogP contribution in [0.5, 0.6) is 5.75 Å². The predicted molar refractivity (Wildman–Crippen MR) is 94.2 cm³/mol. The number of nitrogens with one attached hydrogen (secondary N) is 2. The van der Waals surface area contributed by atoms with Crippen molar-refractivity contribution in [2.75, 3.05) is 0 Å². The van der Waals surface area contributed by atoms with Gasteiger partial charge in [0.25, 0.3) is 5.91 Å². The molecule has 2 rings (SSSR count). The molecular formula is C19H20N2O5. The maximum atomic E-state index is 11.9. The molecule has 0 aliphatic rings. The van der Waals surface area contributed by atoms with Crippen molar-refractivity contribution in [2.24, 2.45) is 0 Å². The second-order valence-electron chi connectivity index (χ2n) is 5.63. The van der Waals surface area contributed by atoms with Gasteiger partial charge in [0.2, 0.25) is 0 Å². The van der Waals surface area contributed by atoms with E-state index in [1.54, 1.807) is 12.1 Å². The van der Waals surface area contributed by atoms with E-state index in [4.69, 9.17) is 4.74 Å². The average molecular weight is 356 g/mol. The van der Waals surface area contributed by atoms with Gasteiger partial charge in [-0.1, -0.05) is 42.5 Å². The summed E-state index contributed by atoms with van der Waals surface area (Å²) in [6, 6.07) is 14.6. The van der Waals surface area contributed by atoms with Crippen LogP contribution >= 0.6 is 0 Å². The number of phenolic OH excluding ortho intramolecular Hbond substituents is 1. The van der Waals surface area contributed by atoms with Crippen LogP contribution < -0.4 is 10.6 Å². The van der Waals surface area contributed by atoms with Crippen molar-refractivity contribution in [3.05, 3.63) is 65.7 Å². The molecule has 0 radical (unpaired) electrons. The highest BCUT2D eigenvalue weighted by Crippen LogP contribution is 2.10. The van der Waals surface area contributed by atoms with E-state index >= 15 is 0 Å². The van der Waals surface area contributed by atoms with Crippen molar-refractivity contribution in [2.45, 2.75) is 26.0 Å². The maximum absolute atomic E-state index is 11.9. The number of esters is 1. The zero-order valence-electron chi connectivity index (χ0n) is 14.3. The van der Waals surface area contributed by atoms with Crippen molar-refractivity contribution in [3.63, 3.8) is 0 Å². The van der Waals surface area contributed by atoms with Crippen LogP contribution in [0.25, 0.3) is 0 Å². The van der Waals surface area contributed by atoms with E-state index in [0.29, 0.717) is 5.56 Å². The zero-order valence-corrected chi connectivity index (χ0v) is 14.3. The molecular weight excluding hydrogens is 336 g/mol. The number of phenols is 1. The standard InChI is InChI=1S/C19H20N2O5/c1-13(26-17(23)11-14-7-9-16(22)10-8-14)18(24)21-19(25)20-12-15-5-3-2-4-6-15/h2-10,13,22H,11-12H2,1H3,(H2,20,21,24,25)/t13-/m0/s1. The van der Waals surface area contributed by atoms with Crippen LogP contribution in [-0.4, -0.2) is 29.1 Å². The van der Waals surface area contributed by atoms with Crippen molar-refractivity contribution in [1.29, 1.82) is 0 Å². The third kappa shape index (κ3) is 6.27. The summed E-state index contributed by atoms with van der Waals surface area (Å²) in [5, 5.41) is 13.9. The van der Waals surface area contributed by atoms with Gasteiger partial charge >= 0.3 is 12.0 Å². The van der Waals surface area contributed by atoms with Gasteiger partial charge in [-0.25, -0.2) is 4.79 Å². The van der Waals surface area contributed by atoms with Gasteiger partial charge in [-0.15, -0.1) is 0 Å². The van der Waals surface area contributed by atoms with Gasteiger partial charge in [0.15, 0.2) is 6.10 Å².